The van der Waals surface area contributed by atoms with E-state index < -0.39 is 6.10 Å². The van der Waals surface area contributed by atoms with E-state index in [1.165, 1.54) is 6.39 Å². The zero-order chi connectivity index (χ0) is 18.3. The average Bonchev–Trinajstić information content (AvgIpc) is 3.29. The van der Waals surface area contributed by atoms with E-state index in [0.717, 1.165) is 11.3 Å². The third kappa shape index (κ3) is 2.92. The number of aromatic nitrogens is 1. The number of piperidine rings is 1. The monoisotopic (exact) mass is 358 g/mol. The Kier molecular flexibility index (Phi) is 4.32. The first kappa shape index (κ1) is 16.9. The molecule has 2 aliphatic heterocycles. The first-order valence-electron chi connectivity index (χ1n) is 8.85. The number of hydrogen-bond donors (Lipinski definition) is 1. The lowest BCUT2D eigenvalue weighted by Crippen LogP contribution is -2.46. The number of carbonyl (C=O) groups excluding carboxylic acids is 1. The van der Waals surface area contributed by atoms with Gasteiger partial charge in [-0.15, -0.1) is 0 Å². The summed E-state index contributed by atoms with van der Waals surface area (Å²) in [5, 5.41) is 10.7. The minimum absolute atomic E-state index is 0.0459. The number of fused-ring (bicyclic) bond motifs is 1. The number of aliphatic hydroxyl groups excluding tert-OH is 1. The molecule has 2 atom stereocenters. The van der Waals surface area contributed by atoms with Gasteiger partial charge in [0.05, 0.1) is 6.10 Å². The van der Waals surface area contributed by atoms with Gasteiger partial charge in [-0.1, -0.05) is 19.9 Å². The van der Waals surface area contributed by atoms with E-state index in [4.69, 9.17) is 13.9 Å². The Labute approximate surface area is 151 Å². The summed E-state index contributed by atoms with van der Waals surface area (Å²) in [6.45, 7) is 4.96. The Morgan fingerprint density at radius 3 is 2.88 bits per heavy atom. The number of benzene rings is 1. The predicted molar refractivity (Wildman–Crippen MR) is 92.4 cm³/mol. The summed E-state index contributed by atoms with van der Waals surface area (Å²) in [4.78, 5) is 18.5. The molecule has 0 radical (unpaired) electrons. The van der Waals surface area contributed by atoms with Crippen LogP contribution in [0.4, 0.5) is 0 Å². The van der Waals surface area contributed by atoms with Gasteiger partial charge in [0.2, 0.25) is 6.79 Å². The molecule has 1 amide bonds. The molecule has 3 heterocycles. The minimum Gasteiger partial charge on any atom is -0.454 e. The highest BCUT2D eigenvalue weighted by molar-refractivity contribution is 5.93. The van der Waals surface area contributed by atoms with E-state index in [1.54, 1.807) is 4.90 Å². The maximum Gasteiger partial charge on any atom is 0.276 e. The van der Waals surface area contributed by atoms with Gasteiger partial charge in [-0.2, -0.15) is 0 Å². The fourth-order valence-corrected chi connectivity index (χ4v) is 3.62. The second-order valence-corrected chi connectivity index (χ2v) is 7.05. The molecule has 1 saturated heterocycles. The number of aliphatic hydroxyl groups is 1. The first-order chi connectivity index (χ1) is 12.5. The van der Waals surface area contributed by atoms with E-state index in [-0.39, 0.29) is 31.1 Å². The van der Waals surface area contributed by atoms with Gasteiger partial charge in [0, 0.05) is 24.9 Å². The molecule has 1 N–H and O–H groups in total. The molecule has 0 saturated carbocycles. The molecule has 1 aromatic heterocycles. The normalized spacial score (nSPS) is 22.1. The molecule has 2 aliphatic rings. The molecular weight excluding hydrogens is 336 g/mol. The molecular formula is C19H22N2O5. The lowest BCUT2D eigenvalue weighted by atomic mass is 9.86. The molecule has 0 bridgehead atoms. The number of β-amino-alcohol motifs (C(OH)–C–C–N with tert-alkyl or cyclic N) is 1. The summed E-state index contributed by atoms with van der Waals surface area (Å²) in [7, 11) is 0. The van der Waals surface area contributed by atoms with Crippen LogP contribution in [-0.2, 0) is 0 Å². The number of amides is 1. The SMILES string of the molecule is CC(C)c1ocnc1C(=O)N1CC[C@@H](c2ccc3c(c2)OCO3)[C@H](O)C1. The van der Waals surface area contributed by atoms with E-state index in [0.29, 0.717) is 30.2 Å². The van der Waals surface area contributed by atoms with Crippen LogP contribution in [0.25, 0.3) is 0 Å². The van der Waals surface area contributed by atoms with Gasteiger partial charge in [-0.05, 0) is 24.1 Å². The number of ether oxygens (including phenoxy) is 2. The molecule has 7 nitrogen and oxygen atoms in total. The highest BCUT2D eigenvalue weighted by atomic mass is 16.7. The second-order valence-electron chi connectivity index (χ2n) is 7.05. The van der Waals surface area contributed by atoms with Gasteiger partial charge >= 0.3 is 0 Å². The lowest BCUT2D eigenvalue weighted by Gasteiger charge is -2.36. The third-order valence-corrected chi connectivity index (χ3v) is 5.02. The van der Waals surface area contributed by atoms with Crippen molar-refractivity contribution in [2.24, 2.45) is 0 Å². The van der Waals surface area contributed by atoms with Crippen LogP contribution in [0.3, 0.4) is 0 Å². The molecule has 4 rings (SSSR count). The van der Waals surface area contributed by atoms with Crippen LogP contribution in [0.2, 0.25) is 0 Å². The molecule has 7 heteroatoms. The van der Waals surface area contributed by atoms with Crippen molar-refractivity contribution in [1.29, 1.82) is 0 Å². The number of oxazole rings is 1. The maximum absolute atomic E-state index is 12.8. The smallest absolute Gasteiger partial charge is 0.276 e. The number of carbonyl (C=O) groups is 1. The highest BCUT2D eigenvalue weighted by Gasteiger charge is 2.34. The Morgan fingerprint density at radius 2 is 2.12 bits per heavy atom. The summed E-state index contributed by atoms with van der Waals surface area (Å²) in [5.74, 6) is 1.86. The van der Waals surface area contributed by atoms with Crippen LogP contribution in [0.1, 0.15) is 53.9 Å². The molecule has 2 aromatic rings. The minimum atomic E-state index is -0.650. The summed E-state index contributed by atoms with van der Waals surface area (Å²) in [5.41, 5.74) is 1.34. The molecule has 0 aliphatic carbocycles. The van der Waals surface area contributed by atoms with Gasteiger partial charge in [-0.25, -0.2) is 4.98 Å². The molecule has 1 aromatic carbocycles. The van der Waals surface area contributed by atoms with Crippen molar-refractivity contribution < 1.29 is 23.8 Å². The Balaban J connectivity index is 1.48. The van der Waals surface area contributed by atoms with Crippen molar-refractivity contribution in [3.8, 4) is 11.5 Å². The van der Waals surface area contributed by atoms with E-state index in [9.17, 15) is 9.90 Å². The summed E-state index contributed by atoms with van der Waals surface area (Å²) in [6, 6.07) is 5.74. The molecule has 1 fully saturated rings. The number of rotatable bonds is 3. The zero-order valence-corrected chi connectivity index (χ0v) is 14.8. The summed E-state index contributed by atoms with van der Waals surface area (Å²) >= 11 is 0. The van der Waals surface area contributed by atoms with Crippen LogP contribution >= 0.6 is 0 Å². The van der Waals surface area contributed by atoms with Gasteiger partial charge in [-0.3, -0.25) is 4.79 Å². The summed E-state index contributed by atoms with van der Waals surface area (Å²) < 4.78 is 16.1. The first-order valence-corrected chi connectivity index (χ1v) is 8.85. The zero-order valence-electron chi connectivity index (χ0n) is 14.8. The van der Waals surface area contributed by atoms with Crippen molar-refractivity contribution in [2.75, 3.05) is 19.9 Å². The number of hydrogen-bond acceptors (Lipinski definition) is 6. The van der Waals surface area contributed by atoms with Crippen molar-refractivity contribution in [3.05, 3.63) is 41.6 Å². The summed E-state index contributed by atoms with van der Waals surface area (Å²) in [6.07, 6.45) is 1.32. The molecule has 26 heavy (non-hydrogen) atoms. The van der Waals surface area contributed by atoms with Gasteiger partial charge < -0.3 is 23.9 Å². The maximum atomic E-state index is 12.8. The van der Waals surface area contributed by atoms with Crippen molar-refractivity contribution in [3.63, 3.8) is 0 Å². The molecule has 138 valence electrons. The quantitative estimate of drug-likeness (QED) is 0.907. The van der Waals surface area contributed by atoms with Crippen LogP contribution in [0.5, 0.6) is 11.5 Å². The van der Waals surface area contributed by atoms with Crippen LogP contribution in [0, 0.1) is 0 Å². The van der Waals surface area contributed by atoms with Crippen molar-refractivity contribution >= 4 is 5.91 Å². The average molecular weight is 358 g/mol. The van der Waals surface area contributed by atoms with Gasteiger partial charge in [0.15, 0.2) is 23.6 Å². The number of likely N-dealkylation sites (tertiary alicyclic amines) is 1. The van der Waals surface area contributed by atoms with Crippen LogP contribution in [0.15, 0.2) is 29.0 Å². The Morgan fingerprint density at radius 1 is 1.31 bits per heavy atom. The van der Waals surface area contributed by atoms with E-state index in [1.807, 2.05) is 32.0 Å². The van der Waals surface area contributed by atoms with Crippen LogP contribution < -0.4 is 9.47 Å². The lowest BCUT2D eigenvalue weighted by molar-refractivity contribution is 0.0376. The number of nitrogens with zero attached hydrogens (tertiary/aromatic N) is 2. The Bertz CT molecular complexity index is 816. The predicted octanol–water partition coefficient (Wildman–Crippen LogP) is 2.52. The second kappa shape index (κ2) is 6.64. The fourth-order valence-electron chi connectivity index (χ4n) is 3.62. The van der Waals surface area contributed by atoms with Crippen molar-refractivity contribution in [1.82, 2.24) is 9.88 Å². The van der Waals surface area contributed by atoms with Crippen LogP contribution in [-0.4, -0.2) is 46.9 Å². The molecule has 0 spiro atoms. The topological polar surface area (TPSA) is 85.0 Å². The highest BCUT2D eigenvalue weighted by Crippen LogP contribution is 2.37. The molecule has 0 unspecified atom stereocenters. The Hall–Kier alpha value is -2.54. The standard InChI is InChI=1S/C19H22N2O5/c1-11(2)18-17(20-9-24-18)19(23)21-6-5-13(14(22)8-21)12-3-4-15-16(7-12)26-10-25-15/h3-4,7,9,11,13-14,22H,5-6,8,10H2,1-2H3/t13-,14+/m0/s1. The van der Waals surface area contributed by atoms with Gasteiger partial charge in [0.25, 0.3) is 5.91 Å². The van der Waals surface area contributed by atoms with Crippen molar-refractivity contribution in [2.45, 2.75) is 38.2 Å². The fraction of sp³-hybridized carbons (Fsp3) is 0.474. The van der Waals surface area contributed by atoms with Gasteiger partial charge in [0.1, 0.15) is 5.76 Å². The third-order valence-electron chi connectivity index (χ3n) is 5.02. The largest absolute Gasteiger partial charge is 0.454 e. The van der Waals surface area contributed by atoms with E-state index in [2.05, 4.69) is 4.98 Å². The van der Waals surface area contributed by atoms with E-state index >= 15 is 0 Å².